The minimum Gasteiger partial charge on any atom is -0.478 e. The van der Waals surface area contributed by atoms with E-state index in [0.29, 0.717) is 21.4 Å². The van der Waals surface area contributed by atoms with Crippen LogP contribution in [0.15, 0.2) is 21.1 Å². The summed E-state index contributed by atoms with van der Waals surface area (Å²) in [6.07, 6.45) is 0.886. The number of carboxylic acids is 1. The largest absolute Gasteiger partial charge is 0.478 e. The number of nitrogens with one attached hydrogen (secondary N) is 1. The number of benzene rings is 1. The topological polar surface area (TPSA) is 69.6 Å². The van der Waals surface area contributed by atoms with E-state index in [9.17, 15) is 14.7 Å². The molecule has 0 fully saturated rings. The molecule has 2 amide bonds. The number of hydrogen-bond acceptors (Lipinski definition) is 2. The zero-order valence-electron chi connectivity index (χ0n) is 12.1. The van der Waals surface area contributed by atoms with Crippen LogP contribution in [-0.4, -0.2) is 35.6 Å². The highest BCUT2D eigenvalue weighted by Gasteiger charge is 2.18. The number of carboxylic acid groups (broad SMARTS) is 1. The zero-order valence-corrected chi connectivity index (χ0v) is 15.3. The summed E-state index contributed by atoms with van der Waals surface area (Å²) in [5, 5.41) is 11.9. The van der Waals surface area contributed by atoms with E-state index >= 15 is 0 Å². The number of carbonyl (C=O) groups is 2. The van der Waals surface area contributed by atoms with Crippen molar-refractivity contribution < 1.29 is 14.7 Å². The maximum absolute atomic E-state index is 12.1. The van der Waals surface area contributed by atoms with Gasteiger partial charge in [-0.1, -0.05) is 29.8 Å². The van der Waals surface area contributed by atoms with Gasteiger partial charge < -0.3 is 15.3 Å². The molecule has 2 N–H and O–H groups in total. The van der Waals surface area contributed by atoms with Gasteiger partial charge in [0.1, 0.15) is 0 Å². The first-order chi connectivity index (χ1) is 9.72. The summed E-state index contributed by atoms with van der Waals surface area (Å²) in [6, 6.07) is 2.81. The van der Waals surface area contributed by atoms with E-state index in [1.165, 1.54) is 6.07 Å². The Hall–Kier alpha value is -1.08. The van der Waals surface area contributed by atoms with Gasteiger partial charge >= 0.3 is 12.0 Å². The summed E-state index contributed by atoms with van der Waals surface area (Å²) in [5.41, 5.74) is 0.286. The van der Waals surface area contributed by atoms with Gasteiger partial charge in [-0.05, 0) is 40.4 Å². The fourth-order valence-electron chi connectivity index (χ4n) is 1.63. The van der Waals surface area contributed by atoms with Crippen molar-refractivity contribution >= 4 is 49.5 Å². The Labute approximate surface area is 141 Å². The first-order valence-corrected chi connectivity index (χ1v) is 8.05. The maximum Gasteiger partial charge on any atom is 0.337 e. The van der Waals surface area contributed by atoms with Crippen molar-refractivity contribution in [2.45, 2.75) is 20.3 Å². The standard InChI is InChI=1S/C14H18Br2N2O3/c1-8(2)4-5-18(3)14(21)17-12-10(13(19)20)6-9(15)7-11(12)16/h6-8H,4-5H2,1-3H3,(H,17,21)(H,19,20). The van der Waals surface area contributed by atoms with Crippen molar-refractivity contribution in [1.29, 1.82) is 0 Å². The number of hydrogen-bond donors (Lipinski definition) is 2. The quantitative estimate of drug-likeness (QED) is 0.739. The second-order valence-corrected chi connectivity index (χ2v) is 6.92. The average molecular weight is 422 g/mol. The maximum atomic E-state index is 12.1. The third kappa shape index (κ3) is 5.32. The van der Waals surface area contributed by atoms with Gasteiger partial charge in [-0.2, -0.15) is 0 Å². The predicted octanol–water partition coefficient (Wildman–Crippen LogP) is 4.42. The van der Waals surface area contributed by atoms with Gasteiger partial charge in [-0.3, -0.25) is 0 Å². The number of nitrogens with zero attached hydrogens (tertiary/aromatic N) is 1. The molecule has 1 rings (SSSR count). The molecule has 0 unspecified atom stereocenters. The minimum absolute atomic E-state index is 0.0295. The van der Waals surface area contributed by atoms with Gasteiger partial charge in [0.05, 0.1) is 11.3 Å². The van der Waals surface area contributed by atoms with Crippen LogP contribution in [0.2, 0.25) is 0 Å². The van der Waals surface area contributed by atoms with Crippen molar-refractivity contribution in [3.63, 3.8) is 0 Å². The second kappa shape index (κ2) is 7.79. The number of carbonyl (C=O) groups excluding carboxylic acids is 1. The molecular weight excluding hydrogens is 404 g/mol. The highest BCUT2D eigenvalue weighted by atomic mass is 79.9. The van der Waals surface area contributed by atoms with E-state index in [0.717, 1.165) is 6.42 Å². The van der Waals surface area contributed by atoms with E-state index in [1.807, 2.05) is 0 Å². The van der Waals surface area contributed by atoms with Crippen LogP contribution in [0.25, 0.3) is 0 Å². The molecule has 0 radical (unpaired) electrons. The fraction of sp³-hybridized carbons (Fsp3) is 0.429. The lowest BCUT2D eigenvalue weighted by Crippen LogP contribution is -2.33. The Morgan fingerprint density at radius 3 is 2.48 bits per heavy atom. The molecule has 0 aliphatic carbocycles. The number of anilines is 1. The summed E-state index contributed by atoms with van der Waals surface area (Å²) >= 11 is 6.51. The molecule has 1 aromatic carbocycles. The summed E-state index contributed by atoms with van der Waals surface area (Å²) < 4.78 is 1.14. The van der Waals surface area contributed by atoms with Crippen molar-refractivity contribution in [3.8, 4) is 0 Å². The van der Waals surface area contributed by atoms with E-state index < -0.39 is 5.97 Å². The summed E-state index contributed by atoms with van der Waals surface area (Å²) in [6.45, 7) is 4.78. The van der Waals surface area contributed by atoms with E-state index in [-0.39, 0.29) is 17.3 Å². The molecule has 0 saturated heterocycles. The van der Waals surface area contributed by atoms with Gasteiger partial charge in [0.2, 0.25) is 0 Å². The number of urea groups is 1. The van der Waals surface area contributed by atoms with Gasteiger partial charge in [0.15, 0.2) is 0 Å². The molecule has 0 spiro atoms. The van der Waals surface area contributed by atoms with Crippen LogP contribution in [0, 0.1) is 5.92 Å². The molecule has 0 saturated carbocycles. The Kier molecular flexibility index (Phi) is 6.67. The third-order valence-corrected chi connectivity index (χ3v) is 3.99. The lowest BCUT2D eigenvalue weighted by molar-refractivity contribution is 0.0698. The van der Waals surface area contributed by atoms with Gasteiger partial charge in [-0.25, -0.2) is 9.59 Å². The first-order valence-electron chi connectivity index (χ1n) is 6.46. The van der Waals surface area contributed by atoms with E-state index in [4.69, 9.17) is 0 Å². The average Bonchev–Trinajstić information content (AvgIpc) is 2.38. The van der Waals surface area contributed by atoms with Crippen LogP contribution in [0.3, 0.4) is 0 Å². The van der Waals surface area contributed by atoms with E-state index in [1.54, 1.807) is 18.0 Å². The van der Waals surface area contributed by atoms with Crippen molar-refractivity contribution in [1.82, 2.24) is 4.90 Å². The van der Waals surface area contributed by atoms with Crippen molar-refractivity contribution in [2.75, 3.05) is 18.9 Å². The molecule has 0 aliphatic rings. The minimum atomic E-state index is -1.10. The molecule has 21 heavy (non-hydrogen) atoms. The monoisotopic (exact) mass is 420 g/mol. The Morgan fingerprint density at radius 2 is 1.95 bits per heavy atom. The Bertz CT molecular complexity index is 547. The third-order valence-electron chi connectivity index (χ3n) is 2.91. The molecule has 5 nitrogen and oxygen atoms in total. The summed E-state index contributed by atoms with van der Waals surface area (Å²) in [5.74, 6) is -0.605. The summed E-state index contributed by atoms with van der Waals surface area (Å²) in [4.78, 5) is 25.0. The van der Waals surface area contributed by atoms with Crippen LogP contribution < -0.4 is 5.32 Å². The highest BCUT2D eigenvalue weighted by Crippen LogP contribution is 2.31. The van der Waals surface area contributed by atoms with Gasteiger partial charge in [-0.15, -0.1) is 0 Å². The number of amides is 2. The van der Waals surface area contributed by atoms with Crippen LogP contribution in [0.5, 0.6) is 0 Å². The first kappa shape index (κ1) is 18.0. The lowest BCUT2D eigenvalue weighted by Gasteiger charge is -2.20. The molecular formula is C14H18Br2N2O3. The molecule has 0 bridgehead atoms. The smallest absolute Gasteiger partial charge is 0.337 e. The Morgan fingerprint density at radius 1 is 1.33 bits per heavy atom. The van der Waals surface area contributed by atoms with Gasteiger partial charge in [0.25, 0.3) is 0 Å². The fourth-order valence-corrected chi connectivity index (χ4v) is 2.95. The van der Waals surface area contributed by atoms with E-state index in [2.05, 4.69) is 51.0 Å². The predicted molar refractivity (Wildman–Crippen MR) is 89.9 cm³/mol. The van der Waals surface area contributed by atoms with Crippen LogP contribution in [0.4, 0.5) is 10.5 Å². The lowest BCUT2D eigenvalue weighted by atomic mass is 10.1. The van der Waals surface area contributed by atoms with Crippen LogP contribution in [0.1, 0.15) is 30.6 Å². The molecule has 0 aromatic heterocycles. The number of halogens is 2. The SMILES string of the molecule is CC(C)CCN(C)C(=O)Nc1c(Br)cc(Br)cc1C(=O)O. The summed E-state index contributed by atoms with van der Waals surface area (Å²) in [7, 11) is 1.69. The Balaban J connectivity index is 2.92. The molecule has 1 aromatic rings. The molecule has 116 valence electrons. The second-order valence-electron chi connectivity index (χ2n) is 5.15. The number of rotatable bonds is 5. The van der Waals surface area contributed by atoms with Crippen LogP contribution >= 0.6 is 31.9 Å². The zero-order chi connectivity index (χ0) is 16.2. The van der Waals surface area contributed by atoms with Gasteiger partial charge in [0, 0.05) is 22.5 Å². The highest BCUT2D eigenvalue weighted by molar-refractivity contribution is 9.11. The number of aromatic carboxylic acids is 1. The molecule has 0 atom stereocenters. The molecule has 7 heteroatoms. The normalized spacial score (nSPS) is 10.6. The molecule has 0 aliphatic heterocycles. The van der Waals surface area contributed by atoms with Crippen molar-refractivity contribution in [2.24, 2.45) is 5.92 Å². The van der Waals surface area contributed by atoms with Crippen molar-refractivity contribution in [3.05, 3.63) is 26.6 Å². The van der Waals surface area contributed by atoms with Crippen LogP contribution in [-0.2, 0) is 0 Å². The molecule has 0 heterocycles.